The van der Waals surface area contributed by atoms with E-state index in [1.165, 1.54) is 36.8 Å². The highest BCUT2D eigenvalue weighted by Gasteiger charge is 2.38. The summed E-state index contributed by atoms with van der Waals surface area (Å²) in [4.78, 5) is 14.5. The molecule has 114 valence electrons. The van der Waals surface area contributed by atoms with E-state index in [4.69, 9.17) is 0 Å². The van der Waals surface area contributed by atoms with E-state index < -0.39 is 0 Å². The van der Waals surface area contributed by atoms with E-state index in [9.17, 15) is 4.79 Å². The minimum Gasteiger partial charge on any atom is -0.321 e. The number of carbonyl (C=O) groups is 1. The first-order valence-corrected chi connectivity index (χ1v) is 8.34. The number of nitrogens with one attached hydrogen (secondary N) is 1. The monoisotopic (exact) mass is 286 g/mol. The van der Waals surface area contributed by atoms with Crippen molar-refractivity contribution in [2.75, 3.05) is 6.54 Å². The Bertz CT molecular complexity index is 490. The third kappa shape index (κ3) is 2.98. The maximum absolute atomic E-state index is 12.5. The molecule has 0 aromatic heterocycles. The lowest BCUT2D eigenvalue weighted by atomic mass is 10.0. The fraction of sp³-hybridized carbons (Fsp3) is 0.611. The highest BCUT2D eigenvalue weighted by Crippen LogP contribution is 2.31. The van der Waals surface area contributed by atoms with Crippen molar-refractivity contribution in [3.63, 3.8) is 0 Å². The first-order chi connectivity index (χ1) is 10.2. The number of benzene rings is 1. The molecule has 1 saturated heterocycles. The van der Waals surface area contributed by atoms with Gasteiger partial charge < -0.3 is 4.90 Å². The van der Waals surface area contributed by atoms with Gasteiger partial charge in [-0.25, -0.2) is 0 Å². The average molecular weight is 286 g/mol. The van der Waals surface area contributed by atoms with Crippen LogP contribution >= 0.6 is 0 Å². The molecular formula is C18H26N2O. The van der Waals surface area contributed by atoms with Crippen molar-refractivity contribution in [2.45, 2.75) is 58.2 Å². The SMILES string of the molecule is CCc1ccc(C2NC(C)C(=O)N2CC2CCCC2)cc1. The van der Waals surface area contributed by atoms with E-state index in [1.807, 2.05) is 6.92 Å². The van der Waals surface area contributed by atoms with E-state index in [2.05, 4.69) is 41.4 Å². The molecule has 0 spiro atoms. The molecule has 0 radical (unpaired) electrons. The smallest absolute Gasteiger partial charge is 0.241 e. The summed E-state index contributed by atoms with van der Waals surface area (Å²) >= 11 is 0. The van der Waals surface area contributed by atoms with Gasteiger partial charge in [0.05, 0.1) is 6.04 Å². The van der Waals surface area contributed by atoms with Gasteiger partial charge in [0.25, 0.3) is 0 Å². The Morgan fingerprint density at radius 3 is 2.48 bits per heavy atom. The summed E-state index contributed by atoms with van der Waals surface area (Å²) in [5.74, 6) is 0.949. The van der Waals surface area contributed by atoms with Gasteiger partial charge in [0.15, 0.2) is 0 Å². The van der Waals surface area contributed by atoms with Crippen LogP contribution in [-0.4, -0.2) is 23.4 Å². The average Bonchev–Trinajstić information content (AvgIpc) is 3.11. The van der Waals surface area contributed by atoms with Gasteiger partial charge in [-0.15, -0.1) is 0 Å². The van der Waals surface area contributed by atoms with Crippen molar-refractivity contribution in [3.05, 3.63) is 35.4 Å². The molecule has 2 atom stereocenters. The molecule has 1 aliphatic carbocycles. The van der Waals surface area contributed by atoms with Gasteiger partial charge in [0.2, 0.25) is 5.91 Å². The summed E-state index contributed by atoms with van der Waals surface area (Å²) in [7, 11) is 0. The van der Waals surface area contributed by atoms with Crippen LogP contribution in [0.3, 0.4) is 0 Å². The molecular weight excluding hydrogens is 260 g/mol. The Labute approximate surface area is 127 Å². The van der Waals surface area contributed by atoms with Gasteiger partial charge >= 0.3 is 0 Å². The van der Waals surface area contributed by atoms with Crippen molar-refractivity contribution >= 4 is 5.91 Å². The lowest BCUT2D eigenvalue weighted by molar-refractivity contribution is -0.130. The second-order valence-corrected chi connectivity index (χ2v) is 6.53. The molecule has 1 N–H and O–H groups in total. The Kier molecular flexibility index (Phi) is 4.29. The van der Waals surface area contributed by atoms with Crippen LogP contribution in [0, 0.1) is 5.92 Å². The summed E-state index contributed by atoms with van der Waals surface area (Å²) in [5, 5.41) is 3.46. The van der Waals surface area contributed by atoms with Crippen LogP contribution in [0.25, 0.3) is 0 Å². The van der Waals surface area contributed by atoms with Crippen LogP contribution in [0.5, 0.6) is 0 Å². The third-order valence-electron chi connectivity index (χ3n) is 5.01. The molecule has 1 aliphatic heterocycles. The van der Waals surface area contributed by atoms with Crippen LogP contribution in [0.2, 0.25) is 0 Å². The minimum absolute atomic E-state index is 0.0546. The first kappa shape index (κ1) is 14.6. The van der Waals surface area contributed by atoms with Gasteiger partial charge in [0, 0.05) is 6.54 Å². The van der Waals surface area contributed by atoms with Gasteiger partial charge in [-0.1, -0.05) is 44.0 Å². The molecule has 2 aliphatic rings. The van der Waals surface area contributed by atoms with E-state index in [1.54, 1.807) is 0 Å². The van der Waals surface area contributed by atoms with Crippen LogP contribution in [0.1, 0.15) is 56.8 Å². The molecule has 1 amide bonds. The Morgan fingerprint density at radius 2 is 1.86 bits per heavy atom. The highest BCUT2D eigenvalue weighted by atomic mass is 16.2. The van der Waals surface area contributed by atoms with E-state index in [-0.39, 0.29) is 18.1 Å². The summed E-state index contributed by atoms with van der Waals surface area (Å²) in [6, 6.07) is 8.63. The molecule has 3 heteroatoms. The van der Waals surface area contributed by atoms with Crippen LogP contribution < -0.4 is 5.32 Å². The number of amides is 1. The Morgan fingerprint density at radius 1 is 1.19 bits per heavy atom. The van der Waals surface area contributed by atoms with Crippen molar-refractivity contribution in [3.8, 4) is 0 Å². The topological polar surface area (TPSA) is 32.3 Å². The second kappa shape index (κ2) is 6.18. The summed E-state index contributed by atoms with van der Waals surface area (Å²) in [6.07, 6.45) is 6.31. The predicted molar refractivity (Wildman–Crippen MR) is 84.8 cm³/mol. The molecule has 1 heterocycles. The lowest BCUT2D eigenvalue weighted by Crippen LogP contribution is -2.34. The van der Waals surface area contributed by atoms with Gasteiger partial charge in [0.1, 0.15) is 6.17 Å². The Hall–Kier alpha value is -1.35. The summed E-state index contributed by atoms with van der Waals surface area (Å²) < 4.78 is 0. The summed E-state index contributed by atoms with van der Waals surface area (Å²) in [5.41, 5.74) is 2.56. The zero-order valence-electron chi connectivity index (χ0n) is 13.1. The molecule has 3 rings (SSSR count). The van der Waals surface area contributed by atoms with E-state index >= 15 is 0 Å². The van der Waals surface area contributed by atoms with Crippen molar-refractivity contribution in [2.24, 2.45) is 5.92 Å². The third-order valence-corrected chi connectivity index (χ3v) is 5.01. The molecule has 1 aromatic rings. The molecule has 0 bridgehead atoms. The second-order valence-electron chi connectivity index (χ2n) is 6.53. The molecule has 1 aromatic carbocycles. The van der Waals surface area contributed by atoms with E-state index in [0.717, 1.165) is 13.0 Å². The number of carbonyl (C=O) groups excluding carboxylic acids is 1. The van der Waals surface area contributed by atoms with Gasteiger partial charge in [-0.3, -0.25) is 10.1 Å². The quantitative estimate of drug-likeness (QED) is 0.921. The zero-order chi connectivity index (χ0) is 14.8. The zero-order valence-corrected chi connectivity index (χ0v) is 13.1. The van der Waals surface area contributed by atoms with Crippen LogP contribution in [0.4, 0.5) is 0 Å². The van der Waals surface area contributed by atoms with Crippen LogP contribution in [0.15, 0.2) is 24.3 Å². The molecule has 1 saturated carbocycles. The fourth-order valence-corrected chi connectivity index (χ4v) is 3.65. The molecule has 2 fully saturated rings. The van der Waals surface area contributed by atoms with Gasteiger partial charge in [-0.2, -0.15) is 0 Å². The number of nitrogens with zero attached hydrogens (tertiary/aromatic N) is 1. The predicted octanol–water partition coefficient (Wildman–Crippen LogP) is 3.26. The minimum atomic E-state index is -0.0674. The lowest BCUT2D eigenvalue weighted by Gasteiger charge is -2.27. The molecule has 21 heavy (non-hydrogen) atoms. The molecule has 3 nitrogen and oxygen atoms in total. The highest BCUT2D eigenvalue weighted by molar-refractivity contribution is 5.84. The maximum Gasteiger partial charge on any atom is 0.241 e. The normalized spacial score (nSPS) is 26.8. The first-order valence-electron chi connectivity index (χ1n) is 8.34. The maximum atomic E-state index is 12.5. The largest absolute Gasteiger partial charge is 0.321 e. The number of rotatable bonds is 4. The number of hydrogen-bond donors (Lipinski definition) is 1. The van der Waals surface area contributed by atoms with Gasteiger partial charge in [-0.05, 0) is 43.2 Å². The van der Waals surface area contributed by atoms with Crippen molar-refractivity contribution in [1.82, 2.24) is 10.2 Å². The standard InChI is InChI=1S/C18H26N2O/c1-3-14-8-10-16(11-9-14)17-19-13(2)18(21)20(17)12-15-6-4-5-7-15/h8-11,13,15,17,19H,3-7,12H2,1-2H3. The van der Waals surface area contributed by atoms with Crippen molar-refractivity contribution in [1.29, 1.82) is 0 Å². The summed E-state index contributed by atoms with van der Waals surface area (Å²) in [6.45, 7) is 5.06. The van der Waals surface area contributed by atoms with Crippen LogP contribution in [-0.2, 0) is 11.2 Å². The Balaban J connectivity index is 1.78. The van der Waals surface area contributed by atoms with Crippen molar-refractivity contribution < 1.29 is 4.79 Å². The molecule has 2 unspecified atom stereocenters. The number of hydrogen-bond acceptors (Lipinski definition) is 2. The fourth-order valence-electron chi connectivity index (χ4n) is 3.65. The van der Waals surface area contributed by atoms with E-state index in [0.29, 0.717) is 5.92 Å². The number of aryl methyl sites for hydroxylation is 1.